The largest absolute Gasteiger partial charge is 0.478 e. The average molecular weight is 420 g/mol. The average Bonchev–Trinajstić information content (AvgIpc) is 3.38. The minimum atomic E-state index is -0.954. The fourth-order valence-corrected chi connectivity index (χ4v) is 4.19. The SMILES string of the molecule is CC(C)(C)CNC(=O)c1ccc(-c2nc3cc(C(=O)O)ccc3n2C2CCCC2)cc1. The second-order valence-electron chi connectivity index (χ2n) is 9.57. The van der Waals surface area contributed by atoms with Crippen molar-refractivity contribution in [1.29, 1.82) is 0 Å². The molecule has 6 nitrogen and oxygen atoms in total. The smallest absolute Gasteiger partial charge is 0.335 e. The first kappa shape index (κ1) is 21.1. The van der Waals surface area contributed by atoms with E-state index in [-0.39, 0.29) is 16.9 Å². The Kier molecular flexibility index (Phi) is 5.56. The number of amides is 1. The van der Waals surface area contributed by atoms with Crippen LogP contribution in [0.3, 0.4) is 0 Å². The lowest BCUT2D eigenvalue weighted by Gasteiger charge is -2.19. The first-order chi connectivity index (χ1) is 14.7. The van der Waals surface area contributed by atoms with Crippen molar-refractivity contribution in [2.75, 3.05) is 6.54 Å². The number of carboxylic acids is 1. The van der Waals surface area contributed by atoms with Gasteiger partial charge >= 0.3 is 5.97 Å². The summed E-state index contributed by atoms with van der Waals surface area (Å²) in [7, 11) is 0. The van der Waals surface area contributed by atoms with Gasteiger partial charge in [-0.2, -0.15) is 0 Å². The Morgan fingerprint density at radius 1 is 1.06 bits per heavy atom. The van der Waals surface area contributed by atoms with Gasteiger partial charge < -0.3 is 15.0 Å². The maximum atomic E-state index is 12.5. The van der Waals surface area contributed by atoms with Gasteiger partial charge in [-0.1, -0.05) is 45.7 Å². The molecule has 31 heavy (non-hydrogen) atoms. The zero-order chi connectivity index (χ0) is 22.2. The number of rotatable bonds is 5. The van der Waals surface area contributed by atoms with Gasteiger partial charge in [0.1, 0.15) is 5.82 Å². The van der Waals surface area contributed by atoms with Crippen LogP contribution in [0.25, 0.3) is 22.4 Å². The van der Waals surface area contributed by atoms with Crippen molar-refractivity contribution in [2.24, 2.45) is 5.41 Å². The Balaban J connectivity index is 1.70. The number of carbonyl (C=O) groups excluding carboxylic acids is 1. The molecule has 3 aromatic rings. The van der Waals surface area contributed by atoms with Crippen LogP contribution in [-0.4, -0.2) is 33.1 Å². The summed E-state index contributed by atoms with van der Waals surface area (Å²) in [5.74, 6) is -0.215. The van der Waals surface area contributed by atoms with Gasteiger partial charge in [-0.15, -0.1) is 0 Å². The third kappa shape index (κ3) is 4.48. The molecule has 1 saturated carbocycles. The van der Waals surface area contributed by atoms with E-state index < -0.39 is 5.97 Å². The van der Waals surface area contributed by atoms with Crippen molar-refractivity contribution in [3.63, 3.8) is 0 Å². The van der Waals surface area contributed by atoms with Crippen LogP contribution in [0.1, 0.15) is 73.2 Å². The van der Waals surface area contributed by atoms with Crippen molar-refractivity contribution in [1.82, 2.24) is 14.9 Å². The summed E-state index contributed by atoms with van der Waals surface area (Å²) < 4.78 is 2.25. The van der Waals surface area contributed by atoms with E-state index in [1.165, 1.54) is 12.8 Å². The van der Waals surface area contributed by atoms with E-state index in [0.29, 0.717) is 23.7 Å². The number of hydrogen-bond donors (Lipinski definition) is 2. The summed E-state index contributed by atoms with van der Waals surface area (Å²) >= 11 is 0. The number of carbonyl (C=O) groups is 2. The van der Waals surface area contributed by atoms with Gasteiger partial charge in [0.15, 0.2) is 0 Å². The molecule has 0 unspecified atom stereocenters. The normalized spacial score (nSPS) is 14.8. The van der Waals surface area contributed by atoms with Crippen LogP contribution in [0.2, 0.25) is 0 Å². The molecule has 1 aromatic heterocycles. The molecular weight excluding hydrogens is 390 g/mol. The quantitative estimate of drug-likeness (QED) is 0.588. The number of carboxylic acid groups (broad SMARTS) is 1. The monoisotopic (exact) mass is 419 g/mol. The Labute approximate surface area is 182 Å². The molecule has 0 saturated heterocycles. The highest BCUT2D eigenvalue weighted by molar-refractivity contribution is 5.95. The summed E-state index contributed by atoms with van der Waals surface area (Å²) in [6.45, 7) is 6.86. The molecule has 2 N–H and O–H groups in total. The van der Waals surface area contributed by atoms with Gasteiger partial charge in [0, 0.05) is 23.7 Å². The Morgan fingerprint density at radius 3 is 2.32 bits per heavy atom. The molecule has 0 bridgehead atoms. The molecule has 1 fully saturated rings. The van der Waals surface area contributed by atoms with E-state index in [0.717, 1.165) is 29.7 Å². The van der Waals surface area contributed by atoms with Crippen molar-refractivity contribution in [2.45, 2.75) is 52.5 Å². The molecule has 0 aliphatic heterocycles. The van der Waals surface area contributed by atoms with Gasteiger partial charge in [-0.05, 0) is 48.6 Å². The topological polar surface area (TPSA) is 84.2 Å². The summed E-state index contributed by atoms with van der Waals surface area (Å²) in [4.78, 5) is 28.7. The van der Waals surface area contributed by atoms with Gasteiger partial charge in [0.05, 0.1) is 16.6 Å². The first-order valence-electron chi connectivity index (χ1n) is 10.9. The molecule has 1 amide bonds. The van der Waals surface area contributed by atoms with Crippen LogP contribution < -0.4 is 5.32 Å². The van der Waals surface area contributed by atoms with Crippen LogP contribution in [0.5, 0.6) is 0 Å². The van der Waals surface area contributed by atoms with Crippen molar-refractivity contribution < 1.29 is 14.7 Å². The number of hydrogen-bond acceptors (Lipinski definition) is 3. The van der Waals surface area contributed by atoms with Gasteiger partial charge in [-0.3, -0.25) is 4.79 Å². The summed E-state index contributed by atoms with van der Waals surface area (Å²) in [6, 6.07) is 13.0. The fraction of sp³-hybridized carbons (Fsp3) is 0.400. The van der Waals surface area contributed by atoms with Crippen LogP contribution >= 0.6 is 0 Å². The first-order valence-corrected chi connectivity index (χ1v) is 10.9. The summed E-state index contributed by atoms with van der Waals surface area (Å²) in [5, 5.41) is 12.3. The summed E-state index contributed by atoms with van der Waals surface area (Å²) in [5.41, 5.74) is 3.45. The van der Waals surface area contributed by atoms with E-state index in [1.807, 2.05) is 30.3 Å². The molecule has 2 aromatic carbocycles. The molecule has 4 rings (SSSR count). The fourth-order valence-electron chi connectivity index (χ4n) is 4.19. The molecule has 1 aliphatic rings. The molecule has 0 atom stereocenters. The highest BCUT2D eigenvalue weighted by atomic mass is 16.4. The van der Waals surface area contributed by atoms with Gasteiger partial charge in [0.25, 0.3) is 5.91 Å². The molecule has 1 heterocycles. The minimum Gasteiger partial charge on any atom is -0.478 e. The predicted molar refractivity (Wildman–Crippen MR) is 121 cm³/mol. The van der Waals surface area contributed by atoms with E-state index in [2.05, 4.69) is 30.7 Å². The highest BCUT2D eigenvalue weighted by Gasteiger charge is 2.24. The minimum absolute atomic E-state index is 0.0244. The molecular formula is C25H29N3O3. The molecule has 162 valence electrons. The second-order valence-corrected chi connectivity index (χ2v) is 9.57. The zero-order valence-corrected chi connectivity index (χ0v) is 18.3. The lowest BCUT2D eigenvalue weighted by atomic mass is 9.97. The second kappa shape index (κ2) is 8.17. The molecule has 6 heteroatoms. The lowest BCUT2D eigenvalue weighted by molar-refractivity contribution is 0.0696. The Morgan fingerprint density at radius 2 is 1.71 bits per heavy atom. The molecule has 0 spiro atoms. The zero-order valence-electron chi connectivity index (χ0n) is 18.3. The Hall–Kier alpha value is -3.15. The van der Waals surface area contributed by atoms with Gasteiger partial charge in [-0.25, -0.2) is 9.78 Å². The van der Waals surface area contributed by atoms with Crippen molar-refractivity contribution in [3.05, 3.63) is 53.6 Å². The number of fused-ring (bicyclic) bond motifs is 1. The highest BCUT2D eigenvalue weighted by Crippen LogP contribution is 2.37. The number of aromatic nitrogens is 2. The number of aromatic carboxylic acids is 1. The van der Waals surface area contributed by atoms with Crippen LogP contribution in [0.15, 0.2) is 42.5 Å². The van der Waals surface area contributed by atoms with Crippen LogP contribution in [-0.2, 0) is 0 Å². The lowest BCUT2D eigenvalue weighted by Crippen LogP contribution is -2.32. The standard InChI is InChI=1S/C25H29N3O3/c1-25(2,3)15-26-23(29)17-10-8-16(9-11-17)22-27-20-14-18(24(30)31)12-13-21(20)28(22)19-6-4-5-7-19/h8-14,19H,4-7,15H2,1-3H3,(H,26,29)(H,30,31). The Bertz CT molecular complexity index is 1120. The van der Waals surface area contributed by atoms with E-state index >= 15 is 0 Å². The number of benzene rings is 2. The maximum absolute atomic E-state index is 12.5. The van der Waals surface area contributed by atoms with Gasteiger partial charge in [0.2, 0.25) is 0 Å². The van der Waals surface area contributed by atoms with E-state index in [4.69, 9.17) is 4.98 Å². The molecule has 1 aliphatic carbocycles. The van der Waals surface area contributed by atoms with Crippen molar-refractivity contribution >= 4 is 22.9 Å². The van der Waals surface area contributed by atoms with Crippen LogP contribution in [0, 0.1) is 5.41 Å². The maximum Gasteiger partial charge on any atom is 0.335 e. The number of imidazole rings is 1. The number of nitrogens with one attached hydrogen (secondary N) is 1. The molecule has 0 radical (unpaired) electrons. The van der Waals surface area contributed by atoms with E-state index in [1.54, 1.807) is 12.1 Å². The third-order valence-electron chi connectivity index (χ3n) is 5.81. The van der Waals surface area contributed by atoms with E-state index in [9.17, 15) is 14.7 Å². The van der Waals surface area contributed by atoms with Crippen molar-refractivity contribution in [3.8, 4) is 11.4 Å². The van der Waals surface area contributed by atoms with Crippen LogP contribution in [0.4, 0.5) is 0 Å². The number of nitrogens with zero attached hydrogens (tertiary/aromatic N) is 2. The summed E-state index contributed by atoms with van der Waals surface area (Å²) in [6.07, 6.45) is 4.55. The third-order valence-corrected chi connectivity index (χ3v) is 5.81. The predicted octanol–water partition coefficient (Wildman–Crippen LogP) is 5.29.